The van der Waals surface area contributed by atoms with Gasteiger partial charge in [-0.15, -0.1) is 5.10 Å². The highest BCUT2D eigenvalue weighted by molar-refractivity contribution is 5.76. The summed E-state index contributed by atoms with van der Waals surface area (Å²) in [5.74, 6) is 0. The second-order valence-electron chi connectivity index (χ2n) is 6.75. The summed E-state index contributed by atoms with van der Waals surface area (Å²) in [7, 11) is 0. The summed E-state index contributed by atoms with van der Waals surface area (Å²) < 4.78 is 2.25. The van der Waals surface area contributed by atoms with Crippen LogP contribution in [-0.2, 0) is 0 Å². The SMILES string of the molecule is O=c1c2ccccc2nnn1OC(N1CCCCC1)=[N+]1CCCCC1. The molecule has 0 amide bonds. The number of likely N-dealkylation sites (tertiary alicyclic amines) is 1. The van der Waals surface area contributed by atoms with Gasteiger partial charge in [0.25, 0.3) is 0 Å². The van der Waals surface area contributed by atoms with Crippen LogP contribution in [0.4, 0.5) is 0 Å². The van der Waals surface area contributed by atoms with E-state index >= 15 is 0 Å². The number of hydrogen-bond donors (Lipinski definition) is 0. The van der Waals surface area contributed by atoms with E-state index in [1.54, 1.807) is 12.1 Å². The fourth-order valence-electron chi connectivity index (χ4n) is 3.60. The zero-order valence-electron chi connectivity index (χ0n) is 14.4. The van der Waals surface area contributed by atoms with Crippen LogP contribution in [0.5, 0.6) is 0 Å². The average molecular weight is 342 g/mol. The van der Waals surface area contributed by atoms with Crippen molar-refractivity contribution in [2.45, 2.75) is 38.5 Å². The maximum Gasteiger partial charge on any atom is 0.472 e. The molecule has 25 heavy (non-hydrogen) atoms. The number of amidine groups is 1. The molecular weight excluding hydrogens is 318 g/mol. The lowest BCUT2D eigenvalue weighted by Crippen LogP contribution is -2.50. The van der Waals surface area contributed by atoms with Gasteiger partial charge in [-0.05, 0) is 60.7 Å². The van der Waals surface area contributed by atoms with E-state index in [1.807, 2.05) is 12.1 Å². The highest BCUT2D eigenvalue weighted by Crippen LogP contribution is 2.12. The monoisotopic (exact) mass is 342 g/mol. The molecule has 0 saturated carbocycles. The third-order valence-corrected chi connectivity index (χ3v) is 4.96. The van der Waals surface area contributed by atoms with Crippen molar-refractivity contribution in [2.24, 2.45) is 0 Å². The topological polar surface area (TPSA) is 63.3 Å². The average Bonchev–Trinajstić information content (AvgIpc) is 2.69. The van der Waals surface area contributed by atoms with Gasteiger partial charge in [-0.25, -0.2) is 9.48 Å². The molecule has 2 aliphatic heterocycles. The molecule has 0 aliphatic carbocycles. The van der Waals surface area contributed by atoms with Gasteiger partial charge in [0.1, 0.15) is 5.52 Å². The zero-order chi connectivity index (χ0) is 17.1. The van der Waals surface area contributed by atoms with Crippen molar-refractivity contribution in [1.29, 1.82) is 0 Å². The van der Waals surface area contributed by atoms with Crippen LogP contribution in [0.15, 0.2) is 29.1 Å². The first-order valence-electron chi connectivity index (χ1n) is 9.23. The van der Waals surface area contributed by atoms with Crippen molar-refractivity contribution in [3.05, 3.63) is 34.6 Å². The molecule has 2 saturated heterocycles. The summed E-state index contributed by atoms with van der Waals surface area (Å²) >= 11 is 0. The van der Waals surface area contributed by atoms with Gasteiger partial charge in [-0.1, -0.05) is 12.1 Å². The molecule has 7 nitrogen and oxygen atoms in total. The highest BCUT2D eigenvalue weighted by Gasteiger charge is 2.30. The lowest BCUT2D eigenvalue weighted by molar-refractivity contribution is -0.551. The van der Waals surface area contributed by atoms with E-state index in [2.05, 4.69) is 19.8 Å². The smallest absolute Gasteiger partial charge is 0.275 e. The van der Waals surface area contributed by atoms with Crippen molar-refractivity contribution in [3.8, 4) is 0 Å². The van der Waals surface area contributed by atoms with Gasteiger partial charge in [-0.2, -0.15) is 0 Å². The van der Waals surface area contributed by atoms with Crippen LogP contribution in [0.2, 0.25) is 0 Å². The molecule has 0 N–H and O–H groups in total. The van der Waals surface area contributed by atoms with Crippen LogP contribution in [0.1, 0.15) is 38.5 Å². The van der Waals surface area contributed by atoms with Crippen molar-refractivity contribution in [2.75, 3.05) is 26.2 Å². The van der Waals surface area contributed by atoms with Crippen molar-refractivity contribution < 1.29 is 9.41 Å². The van der Waals surface area contributed by atoms with E-state index < -0.39 is 0 Å². The second-order valence-corrected chi connectivity index (χ2v) is 6.75. The lowest BCUT2D eigenvalue weighted by Gasteiger charge is -2.25. The van der Waals surface area contributed by atoms with Gasteiger partial charge in [0.2, 0.25) is 0 Å². The fourth-order valence-corrected chi connectivity index (χ4v) is 3.60. The third-order valence-electron chi connectivity index (χ3n) is 4.96. The number of aromatic nitrogens is 3. The predicted octanol–water partition coefficient (Wildman–Crippen LogP) is 1.26. The standard InChI is InChI=1S/C18H24N5O2/c24-17-15-9-3-4-10-16(15)19-20-23(17)25-18(21-11-5-1-6-12-21)22-13-7-2-8-14-22/h3-4,9-10H,1-2,5-8,11-14H2/q+1. The van der Waals surface area contributed by atoms with Crippen LogP contribution >= 0.6 is 0 Å². The van der Waals surface area contributed by atoms with Gasteiger partial charge < -0.3 is 0 Å². The Hall–Kier alpha value is -2.44. The Kier molecular flexibility index (Phi) is 4.63. The first-order chi connectivity index (χ1) is 12.3. The van der Waals surface area contributed by atoms with Gasteiger partial charge in [0.05, 0.1) is 31.6 Å². The molecule has 0 atom stereocenters. The van der Waals surface area contributed by atoms with Crippen LogP contribution in [0.3, 0.4) is 0 Å². The number of nitrogens with zero attached hydrogens (tertiary/aromatic N) is 5. The number of fused-ring (bicyclic) bond motifs is 1. The molecule has 0 radical (unpaired) electrons. The van der Waals surface area contributed by atoms with E-state index in [0.717, 1.165) is 62.7 Å². The maximum atomic E-state index is 12.7. The van der Waals surface area contributed by atoms with Crippen molar-refractivity contribution in [1.82, 2.24) is 20.1 Å². The highest BCUT2D eigenvalue weighted by atomic mass is 16.7. The molecule has 3 heterocycles. The minimum Gasteiger partial charge on any atom is -0.275 e. The van der Waals surface area contributed by atoms with E-state index in [9.17, 15) is 4.79 Å². The summed E-state index contributed by atoms with van der Waals surface area (Å²) in [6.07, 6.45) is 7.11. The van der Waals surface area contributed by atoms with E-state index in [-0.39, 0.29) is 5.56 Å². The molecular formula is C18H24N5O2+. The van der Waals surface area contributed by atoms with Crippen LogP contribution in [0, 0.1) is 0 Å². The number of benzene rings is 1. The second kappa shape index (κ2) is 7.21. The minimum atomic E-state index is -0.267. The minimum absolute atomic E-state index is 0.267. The summed E-state index contributed by atoms with van der Waals surface area (Å²) in [4.78, 5) is 22.0. The van der Waals surface area contributed by atoms with Crippen molar-refractivity contribution in [3.63, 3.8) is 0 Å². The first-order valence-corrected chi connectivity index (χ1v) is 9.23. The maximum absolute atomic E-state index is 12.7. The van der Waals surface area contributed by atoms with Crippen molar-refractivity contribution >= 4 is 16.9 Å². The summed E-state index contributed by atoms with van der Waals surface area (Å²) in [5.41, 5.74) is 0.321. The van der Waals surface area contributed by atoms with Gasteiger partial charge in [0.15, 0.2) is 0 Å². The third kappa shape index (κ3) is 3.36. The number of piperidine rings is 2. The molecule has 0 unspecified atom stereocenters. The Bertz CT molecular complexity index is 831. The largest absolute Gasteiger partial charge is 0.472 e. The zero-order valence-corrected chi connectivity index (χ0v) is 14.4. The Balaban J connectivity index is 1.71. The Morgan fingerprint density at radius 1 is 1.00 bits per heavy atom. The van der Waals surface area contributed by atoms with Crippen LogP contribution in [-0.4, -0.2) is 56.8 Å². The van der Waals surface area contributed by atoms with Crippen LogP contribution < -0.4 is 10.4 Å². The van der Waals surface area contributed by atoms with Gasteiger partial charge >= 0.3 is 11.6 Å². The normalized spacial score (nSPS) is 18.4. The Labute approximate surface area is 146 Å². The van der Waals surface area contributed by atoms with E-state index in [1.165, 1.54) is 12.8 Å². The molecule has 0 spiro atoms. The number of hydrogen-bond acceptors (Lipinski definition) is 4. The Morgan fingerprint density at radius 3 is 2.52 bits per heavy atom. The molecule has 2 fully saturated rings. The summed E-state index contributed by atoms with van der Waals surface area (Å²) in [6.45, 7) is 3.84. The fraction of sp³-hybridized carbons (Fsp3) is 0.556. The van der Waals surface area contributed by atoms with E-state index in [0.29, 0.717) is 10.9 Å². The molecule has 0 bridgehead atoms. The predicted molar refractivity (Wildman–Crippen MR) is 94.7 cm³/mol. The molecule has 1 aromatic carbocycles. The molecule has 4 rings (SSSR count). The lowest BCUT2D eigenvalue weighted by atomic mass is 10.1. The molecule has 132 valence electrons. The molecule has 7 heteroatoms. The Morgan fingerprint density at radius 2 is 1.72 bits per heavy atom. The summed E-state index contributed by atoms with van der Waals surface area (Å²) in [6, 6.07) is 7.98. The molecule has 2 aliphatic rings. The van der Waals surface area contributed by atoms with Gasteiger partial charge in [-0.3, -0.25) is 9.63 Å². The number of rotatable bonds is 1. The molecule has 2 aromatic rings. The quantitative estimate of drug-likeness (QED) is 0.577. The van der Waals surface area contributed by atoms with Crippen LogP contribution in [0.25, 0.3) is 10.9 Å². The summed E-state index contributed by atoms with van der Waals surface area (Å²) in [5, 5.41) is 8.64. The first kappa shape index (κ1) is 16.1. The van der Waals surface area contributed by atoms with Gasteiger partial charge in [0, 0.05) is 0 Å². The molecule has 1 aromatic heterocycles. The van der Waals surface area contributed by atoms with E-state index in [4.69, 9.17) is 4.84 Å².